The van der Waals surface area contributed by atoms with E-state index in [-0.39, 0.29) is 23.9 Å². The summed E-state index contributed by atoms with van der Waals surface area (Å²) >= 11 is 0. The minimum atomic E-state index is -0.530. The predicted octanol–water partition coefficient (Wildman–Crippen LogP) is 0.763. The van der Waals surface area contributed by atoms with E-state index in [4.69, 9.17) is 5.11 Å². The van der Waals surface area contributed by atoms with E-state index in [2.05, 4.69) is 19.6 Å². The van der Waals surface area contributed by atoms with E-state index in [1.165, 1.54) is 12.3 Å². The van der Waals surface area contributed by atoms with Gasteiger partial charge in [0.1, 0.15) is 6.61 Å². The molecule has 0 fully saturated rings. The Morgan fingerprint density at radius 1 is 1.50 bits per heavy atom. The minimum Gasteiger partial charge on any atom is -0.387 e. The summed E-state index contributed by atoms with van der Waals surface area (Å²) in [5.41, 5.74) is 0.198. The van der Waals surface area contributed by atoms with Crippen molar-refractivity contribution in [1.82, 2.24) is 15.1 Å². The number of nitrogens with zero attached hydrogens (tertiary/aromatic N) is 3. The molecule has 0 aliphatic heterocycles. The van der Waals surface area contributed by atoms with Gasteiger partial charge in [-0.15, -0.1) is 0 Å². The lowest BCUT2D eigenvalue weighted by Crippen LogP contribution is -1.88. The first kappa shape index (κ1) is 8.76. The van der Waals surface area contributed by atoms with Crippen LogP contribution in [-0.4, -0.2) is 20.2 Å². The standard InChI is InChI=1S/C8H6FN3O2/c9-6-3-10-2-1-5(6)8-11-7(4-13)14-12-8/h1-3,13H,4H2. The maximum absolute atomic E-state index is 13.1. The van der Waals surface area contributed by atoms with Crippen LogP contribution < -0.4 is 0 Å². The van der Waals surface area contributed by atoms with Crippen LogP contribution in [0.4, 0.5) is 4.39 Å². The zero-order valence-electron chi connectivity index (χ0n) is 7.01. The number of halogens is 1. The van der Waals surface area contributed by atoms with Gasteiger partial charge in [-0.1, -0.05) is 5.16 Å². The van der Waals surface area contributed by atoms with Crippen molar-refractivity contribution >= 4 is 0 Å². The van der Waals surface area contributed by atoms with Crippen molar-refractivity contribution in [2.45, 2.75) is 6.61 Å². The lowest BCUT2D eigenvalue weighted by molar-refractivity contribution is 0.222. The third kappa shape index (κ3) is 1.47. The van der Waals surface area contributed by atoms with Crippen molar-refractivity contribution < 1.29 is 14.0 Å². The van der Waals surface area contributed by atoms with Gasteiger partial charge in [0.25, 0.3) is 5.89 Å². The summed E-state index contributed by atoms with van der Waals surface area (Å²) in [4.78, 5) is 7.35. The van der Waals surface area contributed by atoms with E-state index in [0.29, 0.717) is 0 Å². The molecule has 0 atom stereocenters. The van der Waals surface area contributed by atoms with Crippen LogP contribution in [-0.2, 0) is 6.61 Å². The fourth-order valence-electron chi connectivity index (χ4n) is 0.985. The Bertz CT molecular complexity index is 444. The molecule has 0 amide bonds. The Hall–Kier alpha value is -1.82. The van der Waals surface area contributed by atoms with E-state index in [1.54, 1.807) is 0 Å². The maximum atomic E-state index is 13.1. The normalized spacial score (nSPS) is 10.4. The topological polar surface area (TPSA) is 72.0 Å². The van der Waals surface area contributed by atoms with Gasteiger partial charge in [0.05, 0.1) is 11.8 Å². The van der Waals surface area contributed by atoms with Crippen molar-refractivity contribution in [2.24, 2.45) is 0 Å². The van der Waals surface area contributed by atoms with Crippen molar-refractivity contribution in [3.8, 4) is 11.4 Å². The molecule has 2 rings (SSSR count). The SMILES string of the molecule is OCc1nc(-c2ccncc2F)no1. The summed E-state index contributed by atoms with van der Waals surface area (Å²) in [6, 6.07) is 1.43. The number of pyridine rings is 1. The molecule has 0 saturated heterocycles. The van der Waals surface area contributed by atoms with Crippen molar-refractivity contribution in [1.29, 1.82) is 0 Å². The van der Waals surface area contributed by atoms with Crippen LogP contribution in [0.3, 0.4) is 0 Å². The van der Waals surface area contributed by atoms with Crippen LogP contribution >= 0.6 is 0 Å². The molecule has 2 aromatic rings. The van der Waals surface area contributed by atoms with Crippen molar-refractivity contribution in [2.75, 3.05) is 0 Å². The number of aliphatic hydroxyl groups is 1. The summed E-state index contributed by atoms with van der Waals surface area (Å²) in [5, 5.41) is 12.2. The minimum absolute atomic E-state index is 0.0520. The van der Waals surface area contributed by atoms with Crippen LogP contribution in [0.1, 0.15) is 5.89 Å². The highest BCUT2D eigenvalue weighted by Crippen LogP contribution is 2.17. The first-order chi connectivity index (χ1) is 6.81. The van der Waals surface area contributed by atoms with Gasteiger partial charge < -0.3 is 9.63 Å². The van der Waals surface area contributed by atoms with Gasteiger partial charge in [-0.2, -0.15) is 4.98 Å². The second-order valence-electron chi connectivity index (χ2n) is 2.53. The van der Waals surface area contributed by atoms with Gasteiger partial charge >= 0.3 is 0 Å². The molecule has 2 aromatic heterocycles. The molecule has 0 aromatic carbocycles. The van der Waals surface area contributed by atoms with E-state index in [1.807, 2.05) is 0 Å². The van der Waals surface area contributed by atoms with Gasteiger partial charge in [-0.3, -0.25) is 4.98 Å². The lowest BCUT2D eigenvalue weighted by Gasteiger charge is -1.93. The van der Waals surface area contributed by atoms with Crippen LogP contribution in [0.15, 0.2) is 23.0 Å². The molecule has 5 nitrogen and oxygen atoms in total. The highest BCUT2D eigenvalue weighted by atomic mass is 19.1. The fourth-order valence-corrected chi connectivity index (χ4v) is 0.985. The number of aliphatic hydroxyl groups excluding tert-OH is 1. The molecule has 2 heterocycles. The van der Waals surface area contributed by atoms with E-state index in [0.717, 1.165) is 6.20 Å². The van der Waals surface area contributed by atoms with Crippen LogP contribution in [0, 0.1) is 5.82 Å². The summed E-state index contributed by atoms with van der Waals surface area (Å²) in [6.07, 6.45) is 2.48. The molecule has 1 N–H and O–H groups in total. The van der Waals surface area contributed by atoms with Crippen molar-refractivity contribution in [3.63, 3.8) is 0 Å². The molecule has 72 valence electrons. The van der Waals surface area contributed by atoms with E-state index in [9.17, 15) is 4.39 Å². The summed E-state index contributed by atoms with van der Waals surface area (Å²) in [5.74, 6) is -0.372. The molecule has 0 radical (unpaired) electrons. The first-order valence-corrected chi connectivity index (χ1v) is 3.84. The predicted molar refractivity (Wildman–Crippen MR) is 43.4 cm³/mol. The Morgan fingerprint density at radius 2 is 2.36 bits per heavy atom. The largest absolute Gasteiger partial charge is 0.387 e. The monoisotopic (exact) mass is 195 g/mol. The average molecular weight is 195 g/mol. The zero-order valence-corrected chi connectivity index (χ0v) is 7.01. The first-order valence-electron chi connectivity index (χ1n) is 3.84. The number of rotatable bonds is 2. The zero-order chi connectivity index (χ0) is 9.97. The Kier molecular flexibility index (Phi) is 2.19. The average Bonchev–Trinajstić information content (AvgIpc) is 2.67. The lowest BCUT2D eigenvalue weighted by atomic mass is 10.2. The van der Waals surface area contributed by atoms with E-state index >= 15 is 0 Å². The summed E-state index contributed by atoms with van der Waals surface area (Å²) in [7, 11) is 0. The number of hydrogen-bond acceptors (Lipinski definition) is 5. The van der Waals surface area contributed by atoms with Gasteiger partial charge in [0.15, 0.2) is 5.82 Å². The molecular formula is C8H6FN3O2. The van der Waals surface area contributed by atoms with Crippen LogP contribution in [0.25, 0.3) is 11.4 Å². The molecule has 0 bridgehead atoms. The highest BCUT2D eigenvalue weighted by Gasteiger charge is 2.11. The fraction of sp³-hybridized carbons (Fsp3) is 0.125. The highest BCUT2D eigenvalue weighted by molar-refractivity contribution is 5.53. The van der Waals surface area contributed by atoms with Crippen LogP contribution in [0.2, 0.25) is 0 Å². The molecule has 0 spiro atoms. The summed E-state index contributed by atoms with van der Waals surface area (Å²) in [6.45, 7) is -0.361. The van der Waals surface area contributed by atoms with Gasteiger partial charge in [0, 0.05) is 6.20 Å². The quantitative estimate of drug-likeness (QED) is 0.765. The molecule has 0 aliphatic rings. The van der Waals surface area contributed by atoms with Crippen molar-refractivity contribution in [3.05, 3.63) is 30.2 Å². The number of aromatic nitrogens is 3. The third-order valence-electron chi connectivity index (χ3n) is 1.62. The molecule has 0 unspecified atom stereocenters. The second-order valence-corrected chi connectivity index (χ2v) is 2.53. The smallest absolute Gasteiger partial charge is 0.252 e. The molecular weight excluding hydrogens is 189 g/mol. The maximum Gasteiger partial charge on any atom is 0.252 e. The Morgan fingerprint density at radius 3 is 3.00 bits per heavy atom. The van der Waals surface area contributed by atoms with Crippen LogP contribution in [0.5, 0.6) is 0 Å². The molecule has 0 aliphatic carbocycles. The summed E-state index contributed by atoms with van der Waals surface area (Å²) < 4.78 is 17.8. The van der Waals surface area contributed by atoms with Gasteiger partial charge in [-0.25, -0.2) is 4.39 Å². The third-order valence-corrected chi connectivity index (χ3v) is 1.62. The van der Waals surface area contributed by atoms with E-state index < -0.39 is 5.82 Å². The second kappa shape index (κ2) is 3.51. The Labute approximate surface area is 78.2 Å². The molecule has 6 heteroatoms. The van der Waals surface area contributed by atoms with Gasteiger partial charge in [0.2, 0.25) is 5.82 Å². The Balaban J connectivity index is 2.44. The molecule has 14 heavy (non-hydrogen) atoms. The molecule has 0 saturated carbocycles. The number of hydrogen-bond donors (Lipinski definition) is 1. The van der Waals surface area contributed by atoms with Gasteiger partial charge in [-0.05, 0) is 6.07 Å².